The highest BCUT2D eigenvalue weighted by Crippen LogP contribution is 2.23. The Kier molecular flexibility index (Phi) is 3.74. The van der Waals surface area contributed by atoms with Crippen LogP contribution in [-0.2, 0) is 13.6 Å². The molecule has 0 amide bonds. The molecule has 0 aliphatic rings. The van der Waals surface area contributed by atoms with E-state index in [0.717, 1.165) is 17.1 Å². The number of aryl methyl sites for hydroxylation is 2. The van der Waals surface area contributed by atoms with Crippen molar-refractivity contribution in [3.05, 3.63) is 46.9 Å². The van der Waals surface area contributed by atoms with Crippen LogP contribution in [0.4, 0.5) is 10.2 Å². The number of nitrogens with zero attached hydrogens (tertiary/aromatic N) is 3. The van der Waals surface area contributed by atoms with Gasteiger partial charge < -0.3 is 10.6 Å². The summed E-state index contributed by atoms with van der Waals surface area (Å²) >= 11 is 0. The molecule has 0 atom stereocenters. The van der Waals surface area contributed by atoms with Crippen LogP contribution < -0.4 is 10.6 Å². The number of hydrogen-bond acceptors (Lipinski definition) is 3. The quantitative estimate of drug-likeness (QED) is 0.660. The van der Waals surface area contributed by atoms with Crippen LogP contribution in [0.15, 0.2) is 24.3 Å². The predicted octanol–water partition coefficient (Wildman–Crippen LogP) is 1.79. The van der Waals surface area contributed by atoms with E-state index < -0.39 is 0 Å². The van der Waals surface area contributed by atoms with E-state index in [1.165, 1.54) is 12.1 Å². The van der Waals surface area contributed by atoms with E-state index in [2.05, 4.69) is 5.10 Å². The lowest BCUT2D eigenvalue weighted by Crippen LogP contribution is -2.23. The number of rotatable bonds is 4. The smallest absolute Gasteiger partial charge is 0.137 e. The third kappa shape index (κ3) is 2.64. The summed E-state index contributed by atoms with van der Waals surface area (Å²) in [6.07, 6.45) is 0. The SMILES string of the molecule is Cc1nn(C)c(N(C)Cc2ccc(F)cc2)c1C(=N)N. The van der Waals surface area contributed by atoms with Crippen LogP contribution in [0.25, 0.3) is 0 Å². The molecule has 0 unspecified atom stereocenters. The van der Waals surface area contributed by atoms with Crippen LogP contribution in [-0.4, -0.2) is 22.7 Å². The summed E-state index contributed by atoms with van der Waals surface area (Å²) < 4.78 is 14.6. The Morgan fingerprint density at radius 2 is 2.00 bits per heavy atom. The van der Waals surface area contributed by atoms with Gasteiger partial charge in [0, 0.05) is 20.6 Å². The summed E-state index contributed by atoms with van der Waals surface area (Å²) in [5.41, 5.74) is 7.97. The number of aromatic nitrogens is 2. The summed E-state index contributed by atoms with van der Waals surface area (Å²) in [5, 5.41) is 12.0. The number of amidine groups is 1. The Morgan fingerprint density at radius 1 is 1.40 bits per heavy atom. The molecule has 106 valence electrons. The van der Waals surface area contributed by atoms with Gasteiger partial charge in [-0.1, -0.05) is 12.1 Å². The Labute approximate surface area is 117 Å². The number of benzene rings is 1. The van der Waals surface area contributed by atoms with Gasteiger partial charge in [0.2, 0.25) is 0 Å². The third-order valence-electron chi connectivity index (χ3n) is 3.16. The molecule has 1 aromatic heterocycles. The minimum absolute atomic E-state index is 0.00319. The third-order valence-corrected chi connectivity index (χ3v) is 3.16. The van der Waals surface area contributed by atoms with Crippen LogP contribution in [0.5, 0.6) is 0 Å². The first-order valence-corrected chi connectivity index (χ1v) is 6.23. The van der Waals surface area contributed by atoms with E-state index in [1.54, 1.807) is 16.8 Å². The van der Waals surface area contributed by atoms with Crippen molar-refractivity contribution >= 4 is 11.7 Å². The molecule has 0 aliphatic carbocycles. The van der Waals surface area contributed by atoms with Gasteiger partial charge in [0.25, 0.3) is 0 Å². The second-order valence-corrected chi connectivity index (χ2v) is 4.80. The minimum atomic E-state index is -0.253. The number of nitrogens with two attached hydrogens (primary N) is 1. The number of halogens is 1. The summed E-state index contributed by atoms with van der Waals surface area (Å²) in [7, 11) is 3.71. The first kappa shape index (κ1) is 14.0. The molecule has 0 spiro atoms. The van der Waals surface area contributed by atoms with Gasteiger partial charge in [0.1, 0.15) is 17.5 Å². The van der Waals surface area contributed by atoms with E-state index in [-0.39, 0.29) is 11.7 Å². The molecule has 2 aromatic rings. The highest BCUT2D eigenvalue weighted by Gasteiger charge is 2.19. The van der Waals surface area contributed by atoms with Gasteiger partial charge in [-0.2, -0.15) is 5.10 Å². The van der Waals surface area contributed by atoms with Crippen molar-refractivity contribution in [1.82, 2.24) is 9.78 Å². The van der Waals surface area contributed by atoms with Crippen molar-refractivity contribution in [3.63, 3.8) is 0 Å². The molecule has 6 heteroatoms. The molecule has 1 aromatic carbocycles. The van der Waals surface area contributed by atoms with Gasteiger partial charge in [-0.15, -0.1) is 0 Å². The molecule has 0 radical (unpaired) electrons. The molecule has 0 saturated heterocycles. The Balaban J connectivity index is 2.31. The van der Waals surface area contributed by atoms with Crippen LogP contribution in [0.3, 0.4) is 0 Å². The minimum Gasteiger partial charge on any atom is -0.384 e. The van der Waals surface area contributed by atoms with Gasteiger partial charge in [-0.25, -0.2) is 4.39 Å². The van der Waals surface area contributed by atoms with Crippen molar-refractivity contribution in [2.75, 3.05) is 11.9 Å². The largest absolute Gasteiger partial charge is 0.384 e. The monoisotopic (exact) mass is 275 g/mol. The lowest BCUT2D eigenvalue weighted by atomic mass is 10.2. The summed E-state index contributed by atoms with van der Waals surface area (Å²) in [6.45, 7) is 2.41. The van der Waals surface area contributed by atoms with Crippen molar-refractivity contribution in [2.24, 2.45) is 12.8 Å². The number of nitrogens with one attached hydrogen (secondary N) is 1. The molecule has 0 bridgehead atoms. The zero-order valence-electron chi connectivity index (χ0n) is 11.8. The first-order valence-electron chi connectivity index (χ1n) is 6.23. The second-order valence-electron chi connectivity index (χ2n) is 4.80. The molecular formula is C14H18FN5. The predicted molar refractivity (Wildman–Crippen MR) is 77.5 cm³/mol. The highest BCUT2D eigenvalue weighted by atomic mass is 19.1. The maximum absolute atomic E-state index is 12.9. The normalized spacial score (nSPS) is 10.6. The highest BCUT2D eigenvalue weighted by molar-refractivity contribution is 6.00. The summed E-state index contributed by atoms with van der Waals surface area (Å²) in [5.74, 6) is 0.521. The molecule has 0 fully saturated rings. The van der Waals surface area contributed by atoms with Crippen LogP contribution >= 0.6 is 0 Å². The maximum atomic E-state index is 12.9. The van der Waals surface area contributed by atoms with E-state index in [4.69, 9.17) is 11.1 Å². The maximum Gasteiger partial charge on any atom is 0.137 e. The Morgan fingerprint density at radius 3 is 2.55 bits per heavy atom. The van der Waals surface area contributed by atoms with Gasteiger partial charge in [-0.3, -0.25) is 10.1 Å². The average molecular weight is 275 g/mol. The van der Waals surface area contributed by atoms with E-state index in [9.17, 15) is 4.39 Å². The van der Waals surface area contributed by atoms with Gasteiger partial charge in [0.15, 0.2) is 0 Å². The van der Waals surface area contributed by atoms with Crippen molar-refractivity contribution in [3.8, 4) is 0 Å². The zero-order chi connectivity index (χ0) is 14.9. The average Bonchev–Trinajstić information content (AvgIpc) is 2.67. The summed E-state index contributed by atoms with van der Waals surface area (Å²) in [6, 6.07) is 6.35. The topological polar surface area (TPSA) is 70.9 Å². The summed E-state index contributed by atoms with van der Waals surface area (Å²) in [4.78, 5) is 1.95. The van der Waals surface area contributed by atoms with Gasteiger partial charge >= 0.3 is 0 Å². The zero-order valence-corrected chi connectivity index (χ0v) is 11.8. The van der Waals surface area contributed by atoms with E-state index in [0.29, 0.717) is 12.1 Å². The van der Waals surface area contributed by atoms with Gasteiger partial charge in [-0.05, 0) is 24.6 Å². The fourth-order valence-electron chi connectivity index (χ4n) is 2.34. The van der Waals surface area contributed by atoms with Crippen molar-refractivity contribution < 1.29 is 4.39 Å². The Hall–Kier alpha value is -2.37. The first-order chi connectivity index (χ1) is 9.40. The van der Waals surface area contributed by atoms with Crippen LogP contribution in [0.2, 0.25) is 0 Å². The number of anilines is 1. The van der Waals surface area contributed by atoms with Gasteiger partial charge in [0.05, 0.1) is 11.3 Å². The Bertz CT molecular complexity index is 630. The molecule has 0 aliphatic heterocycles. The molecule has 3 N–H and O–H groups in total. The fraction of sp³-hybridized carbons (Fsp3) is 0.286. The molecule has 2 rings (SSSR count). The molecule has 20 heavy (non-hydrogen) atoms. The van der Waals surface area contributed by atoms with Crippen LogP contribution in [0.1, 0.15) is 16.8 Å². The molecule has 5 nitrogen and oxygen atoms in total. The second kappa shape index (κ2) is 5.32. The van der Waals surface area contributed by atoms with Crippen molar-refractivity contribution in [1.29, 1.82) is 5.41 Å². The molecular weight excluding hydrogens is 257 g/mol. The molecule has 0 saturated carbocycles. The lowest BCUT2D eigenvalue weighted by Gasteiger charge is -2.21. The number of nitrogen functional groups attached to an aromatic ring is 1. The number of hydrogen-bond donors (Lipinski definition) is 2. The van der Waals surface area contributed by atoms with Crippen molar-refractivity contribution in [2.45, 2.75) is 13.5 Å². The standard InChI is InChI=1S/C14H18FN5/c1-9-12(13(16)17)14(20(3)18-9)19(2)8-10-4-6-11(15)7-5-10/h4-7H,8H2,1-3H3,(H3,16,17). The van der Waals surface area contributed by atoms with E-state index >= 15 is 0 Å². The fourth-order valence-corrected chi connectivity index (χ4v) is 2.34. The van der Waals surface area contributed by atoms with E-state index in [1.807, 2.05) is 25.9 Å². The molecule has 1 heterocycles. The lowest BCUT2D eigenvalue weighted by molar-refractivity contribution is 0.626. The van der Waals surface area contributed by atoms with Crippen LogP contribution in [0, 0.1) is 18.2 Å².